The number of fused-ring (bicyclic) bond motifs is 1. The molecule has 2 aromatic rings. The van der Waals surface area contributed by atoms with E-state index in [1.807, 2.05) is 23.9 Å². The topological polar surface area (TPSA) is 51.2 Å². The number of rotatable bonds is 4. The number of nitrogens with two attached hydrogens (primary N) is 1. The third-order valence-electron chi connectivity index (χ3n) is 3.97. The minimum absolute atomic E-state index is 0.0464. The third kappa shape index (κ3) is 2.85. The molecule has 1 aliphatic heterocycles. The summed E-state index contributed by atoms with van der Waals surface area (Å²) in [5, 5.41) is 0.791. The number of hydrogen-bond donors (Lipinski definition) is 2. The van der Waals surface area contributed by atoms with Crippen molar-refractivity contribution in [2.24, 2.45) is 11.8 Å². The number of para-hydroxylation sites is 1. The van der Waals surface area contributed by atoms with E-state index in [-0.39, 0.29) is 11.9 Å². The Bertz CT molecular complexity index is 580. The summed E-state index contributed by atoms with van der Waals surface area (Å²) in [5.41, 5.74) is 3.14. The average molecular weight is 294 g/mol. The van der Waals surface area contributed by atoms with Gasteiger partial charge in [-0.3, -0.25) is 5.84 Å². The molecule has 20 heavy (non-hydrogen) atoms. The van der Waals surface area contributed by atoms with Gasteiger partial charge in [0.25, 0.3) is 0 Å². The zero-order valence-corrected chi connectivity index (χ0v) is 12.1. The molecule has 3 nitrogen and oxygen atoms in total. The fourth-order valence-electron chi connectivity index (χ4n) is 2.80. The van der Waals surface area contributed by atoms with Crippen molar-refractivity contribution in [2.45, 2.75) is 25.3 Å². The zero-order chi connectivity index (χ0) is 13.9. The van der Waals surface area contributed by atoms with Crippen LogP contribution in [-0.4, -0.2) is 11.5 Å². The number of thioether (sulfide) groups is 1. The monoisotopic (exact) mass is 294 g/mol. The number of furan rings is 1. The van der Waals surface area contributed by atoms with Gasteiger partial charge < -0.3 is 4.42 Å². The Kier molecular flexibility index (Phi) is 4.29. The molecule has 3 rings (SSSR count). The van der Waals surface area contributed by atoms with Gasteiger partial charge in [-0.1, -0.05) is 12.1 Å². The molecule has 1 fully saturated rings. The minimum Gasteiger partial charge on any atom is -0.456 e. The van der Waals surface area contributed by atoms with Gasteiger partial charge in [0.2, 0.25) is 0 Å². The molecule has 0 amide bonds. The highest BCUT2D eigenvalue weighted by atomic mass is 32.2. The molecule has 1 saturated heterocycles. The fourth-order valence-corrected chi connectivity index (χ4v) is 4.01. The van der Waals surface area contributed by atoms with Crippen molar-refractivity contribution in [1.82, 2.24) is 5.43 Å². The first-order valence-electron chi connectivity index (χ1n) is 6.99. The quantitative estimate of drug-likeness (QED) is 0.668. The van der Waals surface area contributed by atoms with Crippen LogP contribution < -0.4 is 11.3 Å². The van der Waals surface area contributed by atoms with Crippen LogP contribution in [0.1, 0.15) is 31.1 Å². The summed E-state index contributed by atoms with van der Waals surface area (Å²) in [6, 6.07) is 6.81. The molecule has 1 unspecified atom stereocenters. The van der Waals surface area contributed by atoms with Gasteiger partial charge in [0, 0.05) is 5.39 Å². The van der Waals surface area contributed by atoms with Crippen LogP contribution >= 0.6 is 11.8 Å². The van der Waals surface area contributed by atoms with E-state index >= 15 is 0 Å². The van der Waals surface area contributed by atoms with E-state index in [9.17, 15) is 4.39 Å². The lowest BCUT2D eigenvalue weighted by Gasteiger charge is -2.24. The molecule has 0 bridgehead atoms. The maximum atomic E-state index is 13.7. The van der Waals surface area contributed by atoms with Crippen LogP contribution in [0.2, 0.25) is 0 Å². The molecule has 0 aliphatic carbocycles. The second-order valence-electron chi connectivity index (χ2n) is 5.32. The highest BCUT2D eigenvalue weighted by Crippen LogP contribution is 2.33. The third-order valence-corrected chi connectivity index (χ3v) is 5.02. The Hall–Kier alpha value is -1.04. The van der Waals surface area contributed by atoms with Gasteiger partial charge in [0.15, 0.2) is 11.4 Å². The first kappa shape index (κ1) is 13.9. The molecular formula is C15H19FN2OS. The molecule has 0 radical (unpaired) electrons. The van der Waals surface area contributed by atoms with Gasteiger partial charge in [-0.25, -0.2) is 9.82 Å². The standard InChI is InChI=1S/C15H19FN2OS/c16-12-3-1-2-11-9-14(19-15(11)12)13(18-17)8-10-4-6-20-7-5-10/h1-3,9-10,13,18H,4-8,17H2. The Morgan fingerprint density at radius 3 is 2.90 bits per heavy atom. The summed E-state index contributed by atoms with van der Waals surface area (Å²) in [6.45, 7) is 0. The molecule has 2 heterocycles. The van der Waals surface area contributed by atoms with Crippen LogP contribution in [0, 0.1) is 11.7 Å². The van der Waals surface area contributed by atoms with Crippen LogP contribution in [0.3, 0.4) is 0 Å². The van der Waals surface area contributed by atoms with Crippen molar-refractivity contribution >= 4 is 22.7 Å². The van der Waals surface area contributed by atoms with Gasteiger partial charge >= 0.3 is 0 Å². The summed E-state index contributed by atoms with van der Waals surface area (Å²) in [5.74, 6) is 9.18. The normalized spacial score (nSPS) is 18.5. The van der Waals surface area contributed by atoms with E-state index in [2.05, 4.69) is 5.43 Å². The molecule has 1 atom stereocenters. The Labute approximate surface area is 122 Å². The molecule has 1 aromatic carbocycles. The Morgan fingerprint density at radius 2 is 2.20 bits per heavy atom. The van der Waals surface area contributed by atoms with E-state index in [0.29, 0.717) is 11.5 Å². The number of benzene rings is 1. The van der Waals surface area contributed by atoms with Crippen molar-refractivity contribution in [3.63, 3.8) is 0 Å². The SMILES string of the molecule is NNC(CC1CCSCC1)c1cc2cccc(F)c2o1. The van der Waals surface area contributed by atoms with Gasteiger partial charge in [-0.05, 0) is 48.8 Å². The minimum atomic E-state index is -0.321. The molecule has 1 aliphatic rings. The predicted molar refractivity (Wildman–Crippen MR) is 80.9 cm³/mol. The van der Waals surface area contributed by atoms with Crippen LogP contribution in [0.5, 0.6) is 0 Å². The van der Waals surface area contributed by atoms with Crippen molar-refractivity contribution in [3.05, 3.63) is 35.8 Å². The molecule has 1 aromatic heterocycles. The number of hydrogen-bond acceptors (Lipinski definition) is 4. The smallest absolute Gasteiger partial charge is 0.169 e. The van der Waals surface area contributed by atoms with Gasteiger partial charge in [-0.15, -0.1) is 0 Å². The van der Waals surface area contributed by atoms with E-state index in [0.717, 1.165) is 17.6 Å². The van der Waals surface area contributed by atoms with Gasteiger partial charge in [0.1, 0.15) is 5.76 Å². The second-order valence-corrected chi connectivity index (χ2v) is 6.54. The lowest BCUT2D eigenvalue weighted by atomic mass is 9.93. The van der Waals surface area contributed by atoms with E-state index in [1.165, 1.54) is 30.4 Å². The first-order chi connectivity index (χ1) is 9.78. The van der Waals surface area contributed by atoms with Crippen molar-refractivity contribution in [1.29, 1.82) is 0 Å². The van der Waals surface area contributed by atoms with E-state index in [1.54, 1.807) is 6.07 Å². The Morgan fingerprint density at radius 1 is 1.40 bits per heavy atom. The largest absolute Gasteiger partial charge is 0.456 e. The van der Waals surface area contributed by atoms with Gasteiger partial charge in [0.05, 0.1) is 6.04 Å². The fraction of sp³-hybridized carbons (Fsp3) is 0.467. The van der Waals surface area contributed by atoms with E-state index < -0.39 is 0 Å². The summed E-state index contributed by atoms with van der Waals surface area (Å²) in [4.78, 5) is 0. The van der Waals surface area contributed by atoms with Crippen molar-refractivity contribution in [3.8, 4) is 0 Å². The number of nitrogens with one attached hydrogen (secondary N) is 1. The zero-order valence-electron chi connectivity index (χ0n) is 11.3. The highest BCUT2D eigenvalue weighted by Gasteiger charge is 2.22. The summed E-state index contributed by atoms with van der Waals surface area (Å²) < 4.78 is 19.3. The predicted octanol–water partition coefficient (Wildman–Crippen LogP) is 3.61. The first-order valence-corrected chi connectivity index (χ1v) is 8.15. The maximum absolute atomic E-state index is 13.7. The molecule has 0 spiro atoms. The van der Waals surface area contributed by atoms with Crippen LogP contribution in [-0.2, 0) is 0 Å². The number of hydrazine groups is 1. The average Bonchev–Trinajstić information content (AvgIpc) is 2.91. The molecular weight excluding hydrogens is 275 g/mol. The summed E-state index contributed by atoms with van der Waals surface area (Å²) in [6.07, 6.45) is 3.38. The van der Waals surface area contributed by atoms with Crippen LogP contribution in [0.4, 0.5) is 4.39 Å². The molecule has 0 saturated carbocycles. The summed E-state index contributed by atoms with van der Waals surface area (Å²) in [7, 11) is 0. The molecule has 5 heteroatoms. The van der Waals surface area contributed by atoms with Gasteiger partial charge in [-0.2, -0.15) is 11.8 Å². The molecule has 108 valence electrons. The summed E-state index contributed by atoms with van der Waals surface area (Å²) >= 11 is 2.01. The lowest BCUT2D eigenvalue weighted by Crippen LogP contribution is -2.30. The van der Waals surface area contributed by atoms with Crippen LogP contribution in [0.25, 0.3) is 11.0 Å². The lowest BCUT2D eigenvalue weighted by molar-refractivity contribution is 0.335. The maximum Gasteiger partial charge on any atom is 0.169 e. The molecule has 3 N–H and O–H groups in total. The van der Waals surface area contributed by atoms with Crippen molar-refractivity contribution < 1.29 is 8.81 Å². The number of halogens is 1. The Balaban J connectivity index is 1.81. The van der Waals surface area contributed by atoms with E-state index in [4.69, 9.17) is 10.3 Å². The van der Waals surface area contributed by atoms with Crippen LogP contribution in [0.15, 0.2) is 28.7 Å². The van der Waals surface area contributed by atoms with Crippen molar-refractivity contribution in [2.75, 3.05) is 11.5 Å². The second kappa shape index (κ2) is 6.16. The highest BCUT2D eigenvalue weighted by molar-refractivity contribution is 7.99.